The highest BCUT2D eigenvalue weighted by molar-refractivity contribution is 5.23. The van der Waals surface area contributed by atoms with E-state index in [0.717, 1.165) is 6.54 Å². The van der Waals surface area contributed by atoms with Crippen LogP contribution in [0.15, 0.2) is 72.6 Å². The van der Waals surface area contributed by atoms with Gasteiger partial charge in [-0.1, -0.05) is 60.7 Å². The fourth-order valence-corrected chi connectivity index (χ4v) is 2.11. The Bertz CT molecular complexity index is 568. The molecule has 0 aliphatic carbocycles. The number of aliphatic hydroxyl groups excluding tert-OH is 1. The van der Waals surface area contributed by atoms with E-state index in [1.165, 1.54) is 11.6 Å². The molecule has 1 N–H and O–H groups in total. The van der Waals surface area contributed by atoms with Crippen LogP contribution in [0.5, 0.6) is 0 Å². The van der Waals surface area contributed by atoms with Crippen LogP contribution in [-0.2, 0) is 6.54 Å². The molecule has 0 saturated carbocycles. The zero-order valence-corrected chi connectivity index (χ0v) is 12.1. The largest absolute Gasteiger partial charge is 0.381 e. The maximum atomic E-state index is 14.0. The topological polar surface area (TPSA) is 23.5 Å². The number of hydrogen-bond donors (Lipinski definition) is 1. The van der Waals surface area contributed by atoms with Gasteiger partial charge in [-0.05, 0) is 24.3 Å². The molecule has 2 rings (SSSR count). The first-order valence-corrected chi connectivity index (χ1v) is 6.98. The van der Waals surface area contributed by atoms with Crippen molar-refractivity contribution in [2.24, 2.45) is 0 Å². The van der Waals surface area contributed by atoms with Crippen LogP contribution in [0, 0.1) is 0 Å². The number of benzene rings is 2. The third kappa shape index (κ3) is 4.81. The van der Waals surface area contributed by atoms with Crippen LogP contribution in [0.2, 0.25) is 0 Å². The van der Waals surface area contributed by atoms with Crippen molar-refractivity contribution in [2.75, 3.05) is 13.6 Å². The van der Waals surface area contributed by atoms with Crippen LogP contribution in [0.4, 0.5) is 4.39 Å². The monoisotopic (exact) mass is 285 g/mol. The summed E-state index contributed by atoms with van der Waals surface area (Å²) in [5, 5.41) is 9.93. The molecule has 0 aromatic heterocycles. The third-order valence-electron chi connectivity index (χ3n) is 3.27. The third-order valence-corrected chi connectivity index (χ3v) is 3.27. The van der Waals surface area contributed by atoms with Crippen molar-refractivity contribution >= 4 is 0 Å². The molecule has 0 saturated heterocycles. The van der Waals surface area contributed by atoms with Crippen molar-refractivity contribution < 1.29 is 9.50 Å². The minimum atomic E-state index is -1.18. The van der Waals surface area contributed by atoms with Crippen LogP contribution < -0.4 is 0 Å². The van der Waals surface area contributed by atoms with Gasteiger partial charge in [-0.2, -0.15) is 0 Å². The number of nitrogens with zero attached hydrogens (tertiary/aromatic N) is 1. The first-order valence-electron chi connectivity index (χ1n) is 6.98. The highest BCUT2D eigenvalue weighted by atomic mass is 19.1. The van der Waals surface area contributed by atoms with Gasteiger partial charge in [0.15, 0.2) is 0 Å². The summed E-state index contributed by atoms with van der Waals surface area (Å²) in [6, 6.07) is 18.9. The van der Waals surface area contributed by atoms with Gasteiger partial charge in [0.05, 0.1) is 0 Å². The van der Waals surface area contributed by atoms with E-state index >= 15 is 0 Å². The second-order valence-corrected chi connectivity index (χ2v) is 5.08. The minimum absolute atomic E-state index is 0.449. The van der Waals surface area contributed by atoms with E-state index in [1.807, 2.05) is 48.3 Å². The molecular formula is C18H20FNO. The normalized spacial score (nSPS) is 13.4. The lowest BCUT2D eigenvalue weighted by atomic mass is 10.1. The van der Waals surface area contributed by atoms with Gasteiger partial charge >= 0.3 is 0 Å². The first-order chi connectivity index (χ1) is 10.2. The standard InChI is InChI=1S/C18H20FNO/c1-20(14-15-8-4-2-5-9-15)13-12-17(19)18(21)16-10-6-3-7-11-16/h2-12,18,21H,13-14H2,1H3/b17-12-. The van der Waals surface area contributed by atoms with Crippen LogP contribution >= 0.6 is 0 Å². The van der Waals surface area contributed by atoms with Crippen LogP contribution in [0.1, 0.15) is 17.2 Å². The molecule has 1 atom stereocenters. The Balaban J connectivity index is 1.91. The number of hydrogen-bond acceptors (Lipinski definition) is 2. The second-order valence-electron chi connectivity index (χ2n) is 5.08. The summed E-state index contributed by atoms with van der Waals surface area (Å²) >= 11 is 0. The average Bonchev–Trinajstić information content (AvgIpc) is 2.53. The van der Waals surface area contributed by atoms with Crippen molar-refractivity contribution in [1.29, 1.82) is 0 Å². The Morgan fingerprint density at radius 3 is 2.29 bits per heavy atom. The van der Waals surface area contributed by atoms with Crippen LogP contribution in [-0.4, -0.2) is 23.6 Å². The molecule has 0 aliphatic rings. The summed E-state index contributed by atoms with van der Waals surface area (Å²) in [5.41, 5.74) is 1.74. The average molecular weight is 285 g/mol. The van der Waals surface area contributed by atoms with E-state index in [4.69, 9.17) is 0 Å². The van der Waals surface area contributed by atoms with Gasteiger partial charge in [0.1, 0.15) is 11.9 Å². The second kappa shape index (κ2) is 7.72. The molecule has 0 fully saturated rings. The quantitative estimate of drug-likeness (QED) is 0.874. The number of aliphatic hydroxyl groups is 1. The molecule has 3 heteroatoms. The van der Waals surface area contributed by atoms with Gasteiger partial charge in [-0.3, -0.25) is 4.90 Å². The van der Waals surface area contributed by atoms with E-state index in [1.54, 1.807) is 24.3 Å². The summed E-state index contributed by atoms with van der Waals surface area (Å²) < 4.78 is 14.0. The van der Waals surface area contributed by atoms with Crippen LogP contribution in [0.3, 0.4) is 0 Å². The molecule has 21 heavy (non-hydrogen) atoms. The summed E-state index contributed by atoms with van der Waals surface area (Å²) in [7, 11) is 1.92. The molecule has 0 amide bonds. The van der Waals surface area contributed by atoms with E-state index in [0.29, 0.717) is 12.1 Å². The van der Waals surface area contributed by atoms with E-state index in [9.17, 15) is 9.50 Å². The Hall–Kier alpha value is -1.97. The van der Waals surface area contributed by atoms with E-state index < -0.39 is 11.9 Å². The number of likely N-dealkylation sites (N-methyl/N-ethyl adjacent to an activating group) is 1. The molecule has 1 unspecified atom stereocenters. The lowest BCUT2D eigenvalue weighted by Gasteiger charge is -2.15. The molecule has 0 spiro atoms. The predicted molar refractivity (Wildman–Crippen MR) is 83.4 cm³/mol. The fourth-order valence-electron chi connectivity index (χ4n) is 2.11. The van der Waals surface area contributed by atoms with Crippen molar-refractivity contribution in [2.45, 2.75) is 12.6 Å². The highest BCUT2D eigenvalue weighted by Crippen LogP contribution is 2.22. The fraction of sp³-hybridized carbons (Fsp3) is 0.222. The van der Waals surface area contributed by atoms with Gasteiger partial charge in [0.25, 0.3) is 0 Å². The van der Waals surface area contributed by atoms with Gasteiger partial charge < -0.3 is 5.11 Å². The molecule has 0 radical (unpaired) electrons. The van der Waals surface area contributed by atoms with Gasteiger partial charge in [-0.15, -0.1) is 0 Å². The molecule has 110 valence electrons. The molecule has 0 aliphatic heterocycles. The Morgan fingerprint density at radius 1 is 1.10 bits per heavy atom. The van der Waals surface area contributed by atoms with Crippen molar-refractivity contribution in [3.8, 4) is 0 Å². The van der Waals surface area contributed by atoms with Gasteiger partial charge in [-0.25, -0.2) is 4.39 Å². The highest BCUT2D eigenvalue weighted by Gasteiger charge is 2.12. The summed E-state index contributed by atoms with van der Waals surface area (Å²) in [5.74, 6) is -0.513. The Morgan fingerprint density at radius 2 is 1.67 bits per heavy atom. The smallest absolute Gasteiger partial charge is 0.130 e. The van der Waals surface area contributed by atoms with E-state index in [2.05, 4.69) is 0 Å². The maximum absolute atomic E-state index is 14.0. The molecule has 0 heterocycles. The van der Waals surface area contributed by atoms with Crippen molar-refractivity contribution in [1.82, 2.24) is 4.90 Å². The molecule has 2 aromatic carbocycles. The Kier molecular flexibility index (Phi) is 5.67. The summed E-state index contributed by atoms with van der Waals surface area (Å²) in [6.07, 6.45) is 0.247. The van der Waals surface area contributed by atoms with E-state index in [-0.39, 0.29) is 0 Å². The summed E-state index contributed by atoms with van der Waals surface area (Å²) in [4.78, 5) is 1.99. The zero-order valence-electron chi connectivity index (χ0n) is 12.1. The summed E-state index contributed by atoms with van der Waals surface area (Å²) in [6.45, 7) is 1.19. The lowest BCUT2D eigenvalue weighted by Crippen LogP contribution is -2.18. The molecule has 2 nitrogen and oxygen atoms in total. The van der Waals surface area contributed by atoms with Crippen molar-refractivity contribution in [3.05, 3.63) is 83.7 Å². The van der Waals surface area contributed by atoms with Gasteiger partial charge in [0.2, 0.25) is 0 Å². The predicted octanol–water partition coefficient (Wildman–Crippen LogP) is 3.71. The molecule has 2 aromatic rings. The van der Waals surface area contributed by atoms with Crippen LogP contribution in [0.25, 0.3) is 0 Å². The lowest BCUT2D eigenvalue weighted by molar-refractivity contribution is 0.184. The zero-order chi connectivity index (χ0) is 15.1. The van der Waals surface area contributed by atoms with Crippen molar-refractivity contribution in [3.63, 3.8) is 0 Å². The number of halogens is 1. The Labute approximate surface area is 125 Å². The SMILES string of the molecule is CN(C/C=C(\F)C(O)c1ccccc1)Cc1ccccc1. The number of rotatable bonds is 6. The van der Waals surface area contributed by atoms with Gasteiger partial charge in [0, 0.05) is 13.1 Å². The maximum Gasteiger partial charge on any atom is 0.130 e. The molecule has 0 bridgehead atoms. The minimum Gasteiger partial charge on any atom is -0.381 e. The first kappa shape index (κ1) is 15.4. The molecular weight excluding hydrogens is 265 g/mol.